The maximum atomic E-state index is 11.3. The Kier molecular flexibility index (Phi) is 3.52. The van der Waals surface area contributed by atoms with Crippen LogP contribution < -0.4 is 5.73 Å². The molecular formula is C12H11N5O2S2. The monoisotopic (exact) mass is 321 g/mol. The van der Waals surface area contributed by atoms with Gasteiger partial charge in [0.2, 0.25) is 5.65 Å². The lowest BCUT2D eigenvalue weighted by Crippen LogP contribution is -1.96. The van der Waals surface area contributed by atoms with Crippen LogP contribution in [0.25, 0.3) is 5.65 Å². The van der Waals surface area contributed by atoms with Crippen molar-refractivity contribution in [3.8, 4) is 0 Å². The van der Waals surface area contributed by atoms with Gasteiger partial charge in [0.15, 0.2) is 5.13 Å². The van der Waals surface area contributed by atoms with E-state index in [9.17, 15) is 10.1 Å². The molecule has 0 saturated carbocycles. The molecule has 0 aliphatic rings. The molecule has 7 nitrogen and oxygen atoms in total. The Morgan fingerprint density at radius 3 is 2.95 bits per heavy atom. The third-order valence-electron chi connectivity index (χ3n) is 2.86. The van der Waals surface area contributed by atoms with Crippen LogP contribution in [0, 0.1) is 17.0 Å². The van der Waals surface area contributed by atoms with E-state index in [0.717, 1.165) is 9.90 Å². The average Bonchev–Trinajstić information content (AvgIpc) is 2.95. The lowest BCUT2D eigenvalue weighted by atomic mass is 10.5. The van der Waals surface area contributed by atoms with E-state index in [2.05, 4.69) is 9.97 Å². The van der Waals surface area contributed by atoms with E-state index < -0.39 is 4.92 Å². The fraction of sp³-hybridized carbons (Fsp3) is 0.167. The van der Waals surface area contributed by atoms with Gasteiger partial charge in [-0.15, -0.1) is 11.8 Å². The molecular weight excluding hydrogens is 310 g/mol. The minimum atomic E-state index is -0.399. The van der Waals surface area contributed by atoms with Crippen molar-refractivity contribution in [2.24, 2.45) is 0 Å². The van der Waals surface area contributed by atoms with Crippen LogP contribution in [-0.4, -0.2) is 19.3 Å². The second-order valence-corrected chi connectivity index (χ2v) is 6.56. The number of nitrogens with two attached hydrogens (primary N) is 1. The van der Waals surface area contributed by atoms with E-state index in [-0.39, 0.29) is 5.82 Å². The number of fused-ring (bicyclic) bond motifs is 1. The summed E-state index contributed by atoms with van der Waals surface area (Å²) in [6.45, 7) is 1.87. The quantitative estimate of drug-likeness (QED) is 0.450. The fourth-order valence-corrected chi connectivity index (χ4v) is 3.94. The summed E-state index contributed by atoms with van der Waals surface area (Å²) < 4.78 is 2.45. The molecule has 3 heterocycles. The number of nitrogens with zero attached hydrogens (tertiary/aromatic N) is 4. The molecule has 3 aromatic heterocycles. The Hall–Kier alpha value is -2.13. The first-order valence-electron chi connectivity index (χ1n) is 6.02. The lowest BCUT2D eigenvalue weighted by Gasteiger charge is -1.98. The highest BCUT2D eigenvalue weighted by molar-refractivity contribution is 8.00. The summed E-state index contributed by atoms with van der Waals surface area (Å²) in [4.78, 5) is 19.4. The molecule has 3 aromatic rings. The number of pyridine rings is 1. The fourth-order valence-electron chi connectivity index (χ4n) is 1.99. The number of nitro groups is 1. The predicted molar refractivity (Wildman–Crippen MR) is 82.7 cm³/mol. The molecule has 21 heavy (non-hydrogen) atoms. The minimum Gasteiger partial charge on any atom is -0.375 e. The van der Waals surface area contributed by atoms with Crippen molar-refractivity contribution in [1.82, 2.24) is 14.4 Å². The summed E-state index contributed by atoms with van der Waals surface area (Å²) in [6.07, 6.45) is 1.64. The maximum absolute atomic E-state index is 11.3. The molecule has 108 valence electrons. The van der Waals surface area contributed by atoms with Crippen LogP contribution >= 0.6 is 23.1 Å². The van der Waals surface area contributed by atoms with E-state index >= 15 is 0 Å². The first-order chi connectivity index (χ1) is 10.1. The zero-order chi connectivity index (χ0) is 15.0. The SMILES string of the molecule is Cc1nc(N)sc1SCc1nc2ccccn2c1[N+](=O)[O-]. The van der Waals surface area contributed by atoms with Crippen molar-refractivity contribution in [3.05, 3.63) is 45.9 Å². The highest BCUT2D eigenvalue weighted by Crippen LogP contribution is 2.34. The molecule has 0 spiro atoms. The number of aryl methyl sites for hydroxylation is 1. The first kappa shape index (κ1) is 13.8. The Labute approximate surface area is 128 Å². The summed E-state index contributed by atoms with van der Waals surface area (Å²) in [5, 5.41) is 11.8. The van der Waals surface area contributed by atoms with E-state index in [1.807, 2.05) is 6.92 Å². The predicted octanol–water partition coefficient (Wildman–Crippen LogP) is 2.88. The van der Waals surface area contributed by atoms with Crippen LogP contribution in [0.5, 0.6) is 0 Å². The van der Waals surface area contributed by atoms with Gasteiger partial charge >= 0.3 is 5.82 Å². The van der Waals surface area contributed by atoms with Crippen molar-refractivity contribution >= 4 is 39.7 Å². The molecule has 0 atom stereocenters. The Morgan fingerprint density at radius 2 is 2.29 bits per heavy atom. The number of aromatic nitrogens is 3. The topological polar surface area (TPSA) is 99.3 Å². The molecule has 9 heteroatoms. The Bertz CT molecular complexity index is 826. The molecule has 0 aliphatic heterocycles. The van der Waals surface area contributed by atoms with Gasteiger partial charge in [-0.1, -0.05) is 17.4 Å². The van der Waals surface area contributed by atoms with Crippen molar-refractivity contribution in [2.45, 2.75) is 16.9 Å². The van der Waals surface area contributed by atoms with Crippen molar-refractivity contribution in [1.29, 1.82) is 0 Å². The van der Waals surface area contributed by atoms with Crippen molar-refractivity contribution in [3.63, 3.8) is 0 Å². The van der Waals surface area contributed by atoms with Gasteiger partial charge in [-0.05, 0) is 17.9 Å². The van der Waals surface area contributed by atoms with Gasteiger partial charge in [-0.3, -0.25) is 0 Å². The molecule has 0 bridgehead atoms. The number of anilines is 1. The summed E-state index contributed by atoms with van der Waals surface area (Å²) in [5.41, 5.74) is 7.51. The molecule has 2 N–H and O–H groups in total. The van der Waals surface area contributed by atoms with Gasteiger partial charge in [0.25, 0.3) is 0 Å². The maximum Gasteiger partial charge on any atom is 0.351 e. The molecule has 0 aromatic carbocycles. The molecule has 3 rings (SSSR count). The van der Waals surface area contributed by atoms with Gasteiger partial charge < -0.3 is 15.8 Å². The number of hydrogen-bond acceptors (Lipinski definition) is 7. The van der Waals surface area contributed by atoms with Crippen molar-refractivity contribution in [2.75, 3.05) is 5.73 Å². The number of thiazole rings is 1. The number of thioether (sulfide) groups is 1. The largest absolute Gasteiger partial charge is 0.375 e. The van der Waals surface area contributed by atoms with Gasteiger partial charge in [-0.25, -0.2) is 9.97 Å². The van der Waals surface area contributed by atoms with Gasteiger partial charge in [0.1, 0.15) is 5.69 Å². The van der Waals surface area contributed by atoms with E-state index in [1.54, 1.807) is 24.4 Å². The average molecular weight is 321 g/mol. The number of imidazole rings is 1. The highest BCUT2D eigenvalue weighted by atomic mass is 32.2. The van der Waals surface area contributed by atoms with Gasteiger partial charge in [0.05, 0.1) is 21.9 Å². The molecule has 0 radical (unpaired) electrons. The second-order valence-electron chi connectivity index (χ2n) is 4.28. The van der Waals surface area contributed by atoms with E-state index in [1.165, 1.54) is 27.5 Å². The first-order valence-corrected chi connectivity index (χ1v) is 7.82. The molecule has 0 fully saturated rings. The van der Waals surface area contributed by atoms with Crippen LogP contribution in [0.1, 0.15) is 11.4 Å². The highest BCUT2D eigenvalue weighted by Gasteiger charge is 2.22. The summed E-state index contributed by atoms with van der Waals surface area (Å²) in [5.74, 6) is 0.411. The summed E-state index contributed by atoms with van der Waals surface area (Å²) in [6, 6.07) is 5.29. The number of rotatable bonds is 4. The summed E-state index contributed by atoms with van der Waals surface area (Å²) in [7, 11) is 0. The van der Waals surface area contributed by atoms with Crippen LogP contribution in [0.3, 0.4) is 0 Å². The van der Waals surface area contributed by atoms with Crippen LogP contribution in [0.2, 0.25) is 0 Å². The Morgan fingerprint density at radius 1 is 1.48 bits per heavy atom. The van der Waals surface area contributed by atoms with Crippen molar-refractivity contribution < 1.29 is 4.92 Å². The number of nitrogen functional groups attached to an aromatic ring is 1. The minimum absolute atomic E-state index is 0.00763. The zero-order valence-corrected chi connectivity index (χ0v) is 12.6. The zero-order valence-electron chi connectivity index (χ0n) is 11.0. The lowest BCUT2D eigenvalue weighted by molar-refractivity contribution is -0.391. The second kappa shape index (κ2) is 5.34. The molecule has 0 saturated heterocycles. The smallest absolute Gasteiger partial charge is 0.351 e. The summed E-state index contributed by atoms with van der Waals surface area (Å²) >= 11 is 2.84. The molecule has 0 amide bonds. The molecule has 0 unspecified atom stereocenters. The van der Waals surface area contributed by atoms with E-state index in [4.69, 9.17) is 5.73 Å². The molecule has 0 aliphatic carbocycles. The normalized spacial score (nSPS) is 11.1. The standard InChI is InChI=1S/C12H11N5O2S2/c1-7-11(21-12(13)14-7)20-6-8-10(17(18)19)16-5-3-2-4-9(16)15-8/h2-5H,6H2,1H3,(H2,13,14). The third kappa shape index (κ3) is 2.57. The van der Waals surface area contributed by atoms with Crippen LogP contribution in [0.4, 0.5) is 10.9 Å². The van der Waals surface area contributed by atoms with Crippen LogP contribution in [-0.2, 0) is 5.75 Å². The Balaban J connectivity index is 1.95. The third-order valence-corrected chi connectivity index (χ3v) is 5.22. The van der Waals surface area contributed by atoms with Crippen LogP contribution in [0.15, 0.2) is 28.6 Å². The van der Waals surface area contributed by atoms with Gasteiger partial charge in [-0.2, -0.15) is 4.40 Å². The van der Waals surface area contributed by atoms with E-state index in [0.29, 0.717) is 22.2 Å². The van der Waals surface area contributed by atoms with Gasteiger partial charge in [0, 0.05) is 6.07 Å². The number of hydrogen-bond donors (Lipinski definition) is 1.